The molecule has 1 amide bonds. The first-order valence-corrected chi connectivity index (χ1v) is 8.35. The van der Waals surface area contributed by atoms with Crippen molar-refractivity contribution in [1.29, 1.82) is 0 Å². The van der Waals surface area contributed by atoms with Gasteiger partial charge in [0.05, 0.1) is 0 Å². The third-order valence-electron chi connectivity index (χ3n) is 3.59. The second-order valence-electron chi connectivity index (χ2n) is 5.56. The molecule has 0 unspecified atom stereocenters. The van der Waals surface area contributed by atoms with Crippen LogP contribution in [0.25, 0.3) is 0 Å². The molecule has 0 aliphatic heterocycles. The van der Waals surface area contributed by atoms with Crippen LogP contribution >= 0.6 is 11.6 Å². The Kier molecular flexibility index (Phi) is 5.76. The fraction of sp³-hybridized carbons (Fsp3) is 0.105. The van der Waals surface area contributed by atoms with Gasteiger partial charge in [0.2, 0.25) is 0 Å². The minimum absolute atomic E-state index is 0.189. The SMILES string of the molecule is O=C(Nc1cccc(F)c1)c1cc(NCCc2cccc(Cl)c2)ncn1. The Balaban J connectivity index is 1.59. The molecule has 0 bridgehead atoms. The summed E-state index contributed by atoms with van der Waals surface area (Å²) < 4.78 is 13.2. The van der Waals surface area contributed by atoms with Crippen LogP contribution in [0.3, 0.4) is 0 Å². The molecule has 0 saturated heterocycles. The number of amides is 1. The smallest absolute Gasteiger partial charge is 0.274 e. The van der Waals surface area contributed by atoms with Gasteiger partial charge >= 0.3 is 0 Å². The third-order valence-corrected chi connectivity index (χ3v) is 3.83. The lowest BCUT2D eigenvalue weighted by Gasteiger charge is -2.08. The van der Waals surface area contributed by atoms with Gasteiger partial charge < -0.3 is 10.6 Å². The molecule has 1 heterocycles. The van der Waals surface area contributed by atoms with Gasteiger partial charge in [-0.25, -0.2) is 14.4 Å². The van der Waals surface area contributed by atoms with E-state index in [1.807, 2.05) is 24.3 Å². The molecule has 3 rings (SSSR count). The summed E-state index contributed by atoms with van der Waals surface area (Å²) in [6, 6.07) is 14.8. The summed E-state index contributed by atoms with van der Waals surface area (Å²) in [5.74, 6) is -0.323. The number of hydrogen-bond donors (Lipinski definition) is 2. The van der Waals surface area contributed by atoms with Crippen molar-refractivity contribution < 1.29 is 9.18 Å². The maximum Gasteiger partial charge on any atom is 0.274 e. The van der Waals surface area contributed by atoms with E-state index in [2.05, 4.69) is 20.6 Å². The second kappa shape index (κ2) is 8.40. The fourth-order valence-corrected chi connectivity index (χ4v) is 2.58. The van der Waals surface area contributed by atoms with E-state index in [1.54, 1.807) is 12.1 Å². The number of rotatable bonds is 6. The highest BCUT2D eigenvalue weighted by Gasteiger charge is 2.09. The van der Waals surface area contributed by atoms with Crippen LogP contribution in [0.15, 0.2) is 60.9 Å². The number of halogens is 2. The highest BCUT2D eigenvalue weighted by molar-refractivity contribution is 6.30. The summed E-state index contributed by atoms with van der Waals surface area (Å²) in [6.07, 6.45) is 2.07. The Morgan fingerprint density at radius 3 is 2.73 bits per heavy atom. The molecule has 7 heteroatoms. The monoisotopic (exact) mass is 370 g/mol. The van der Waals surface area contributed by atoms with Crippen molar-refractivity contribution >= 4 is 29.0 Å². The molecular formula is C19H16ClFN4O. The van der Waals surface area contributed by atoms with Gasteiger partial charge in [0.25, 0.3) is 5.91 Å². The molecule has 0 radical (unpaired) electrons. The minimum atomic E-state index is -0.434. The zero-order valence-electron chi connectivity index (χ0n) is 13.7. The Hall–Kier alpha value is -2.99. The molecule has 5 nitrogen and oxygen atoms in total. The quantitative estimate of drug-likeness (QED) is 0.683. The number of benzene rings is 2. The van der Waals surface area contributed by atoms with E-state index in [0.29, 0.717) is 23.1 Å². The third kappa shape index (κ3) is 5.00. The van der Waals surface area contributed by atoms with Crippen molar-refractivity contribution in [2.75, 3.05) is 17.2 Å². The second-order valence-corrected chi connectivity index (χ2v) is 6.00. The molecule has 0 atom stereocenters. The Morgan fingerprint density at radius 2 is 1.92 bits per heavy atom. The molecule has 1 aromatic heterocycles. The van der Waals surface area contributed by atoms with Crippen LogP contribution in [-0.2, 0) is 6.42 Å². The van der Waals surface area contributed by atoms with E-state index in [4.69, 9.17) is 11.6 Å². The van der Waals surface area contributed by atoms with Crippen molar-refractivity contribution in [2.24, 2.45) is 0 Å². The van der Waals surface area contributed by atoms with E-state index in [1.165, 1.54) is 24.5 Å². The predicted molar refractivity (Wildman–Crippen MR) is 100 cm³/mol. The van der Waals surface area contributed by atoms with Crippen LogP contribution in [0.1, 0.15) is 16.1 Å². The molecule has 3 aromatic rings. The van der Waals surface area contributed by atoms with E-state index < -0.39 is 11.7 Å². The largest absolute Gasteiger partial charge is 0.370 e. The normalized spacial score (nSPS) is 10.4. The van der Waals surface area contributed by atoms with E-state index in [9.17, 15) is 9.18 Å². The molecule has 132 valence electrons. The van der Waals surface area contributed by atoms with Crippen molar-refractivity contribution in [1.82, 2.24) is 9.97 Å². The van der Waals surface area contributed by atoms with E-state index >= 15 is 0 Å². The van der Waals surface area contributed by atoms with Crippen molar-refractivity contribution in [3.63, 3.8) is 0 Å². The summed E-state index contributed by atoms with van der Waals surface area (Å²) in [4.78, 5) is 20.3. The van der Waals surface area contributed by atoms with Crippen LogP contribution in [0, 0.1) is 5.82 Å². The lowest BCUT2D eigenvalue weighted by molar-refractivity contribution is 0.102. The van der Waals surface area contributed by atoms with Crippen LogP contribution in [0.2, 0.25) is 5.02 Å². The first-order valence-electron chi connectivity index (χ1n) is 7.97. The number of carbonyl (C=O) groups is 1. The number of nitrogens with zero attached hydrogens (tertiary/aromatic N) is 2. The summed E-state index contributed by atoms with van der Waals surface area (Å²) in [5.41, 5.74) is 1.65. The molecule has 0 aliphatic rings. The topological polar surface area (TPSA) is 66.9 Å². The molecule has 26 heavy (non-hydrogen) atoms. The Morgan fingerprint density at radius 1 is 1.08 bits per heavy atom. The van der Waals surface area contributed by atoms with E-state index in [0.717, 1.165) is 12.0 Å². The summed E-state index contributed by atoms with van der Waals surface area (Å²) >= 11 is 5.96. The average Bonchev–Trinajstić information content (AvgIpc) is 2.62. The van der Waals surface area contributed by atoms with Crippen molar-refractivity contribution in [2.45, 2.75) is 6.42 Å². The van der Waals surface area contributed by atoms with Gasteiger partial charge in [0.15, 0.2) is 0 Å². The molecule has 0 spiro atoms. The van der Waals surface area contributed by atoms with Gasteiger partial charge in [-0.15, -0.1) is 0 Å². The Bertz CT molecular complexity index is 919. The highest BCUT2D eigenvalue weighted by Crippen LogP contribution is 2.13. The van der Waals surface area contributed by atoms with Crippen molar-refractivity contribution in [3.8, 4) is 0 Å². The van der Waals surface area contributed by atoms with Gasteiger partial charge in [-0.1, -0.05) is 29.8 Å². The van der Waals surface area contributed by atoms with Gasteiger partial charge in [0, 0.05) is 23.3 Å². The summed E-state index contributed by atoms with van der Waals surface area (Å²) in [6.45, 7) is 0.627. The molecule has 0 fully saturated rings. The van der Waals surface area contributed by atoms with Crippen LogP contribution in [0.4, 0.5) is 15.9 Å². The average molecular weight is 371 g/mol. The predicted octanol–water partition coefficient (Wildman–Crippen LogP) is 4.18. The Labute approximate surface area is 155 Å². The molecule has 0 aliphatic carbocycles. The van der Waals surface area contributed by atoms with Crippen LogP contribution < -0.4 is 10.6 Å². The van der Waals surface area contributed by atoms with Gasteiger partial charge in [-0.05, 0) is 42.3 Å². The van der Waals surface area contributed by atoms with Crippen LogP contribution in [-0.4, -0.2) is 22.4 Å². The van der Waals surface area contributed by atoms with Gasteiger partial charge in [-0.2, -0.15) is 0 Å². The first kappa shape index (κ1) is 17.8. The molecular weight excluding hydrogens is 355 g/mol. The zero-order valence-corrected chi connectivity index (χ0v) is 14.5. The molecule has 0 saturated carbocycles. The highest BCUT2D eigenvalue weighted by atomic mass is 35.5. The zero-order chi connectivity index (χ0) is 18.4. The fourth-order valence-electron chi connectivity index (χ4n) is 2.37. The lowest BCUT2D eigenvalue weighted by atomic mass is 10.1. The van der Waals surface area contributed by atoms with E-state index in [-0.39, 0.29) is 5.69 Å². The number of aromatic nitrogens is 2. The standard InChI is InChI=1S/C19H16ClFN4O/c20-14-4-1-3-13(9-14)7-8-22-18-11-17(23-12-24-18)19(26)25-16-6-2-5-15(21)10-16/h1-6,9-12H,7-8H2,(H,25,26)(H,22,23,24). The van der Waals surface area contributed by atoms with Gasteiger partial charge in [0.1, 0.15) is 23.7 Å². The molecule has 2 N–H and O–H groups in total. The minimum Gasteiger partial charge on any atom is -0.370 e. The summed E-state index contributed by atoms with van der Waals surface area (Å²) in [5, 5.41) is 6.44. The number of anilines is 2. The maximum atomic E-state index is 13.2. The maximum absolute atomic E-state index is 13.2. The first-order chi connectivity index (χ1) is 12.6. The van der Waals surface area contributed by atoms with Crippen LogP contribution in [0.5, 0.6) is 0 Å². The number of nitrogens with one attached hydrogen (secondary N) is 2. The number of carbonyl (C=O) groups excluding carboxylic acids is 1. The lowest BCUT2D eigenvalue weighted by Crippen LogP contribution is -2.15. The van der Waals surface area contributed by atoms with Crippen molar-refractivity contribution in [3.05, 3.63) is 83.0 Å². The summed E-state index contributed by atoms with van der Waals surface area (Å²) in [7, 11) is 0. The van der Waals surface area contributed by atoms with Gasteiger partial charge in [-0.3, -0.25) is 4.79 Å². The number of hydrogen-bond acceptors (Lipinski definition) is 4. The molecule has 2 aromatic carbocycles.